The zero-order valence-electron chi connectivity index (χ0n) is 20.5. The molecule has 0 aromatic heterocycles. The van der Waals surface area contributed by atoms with E-state index in [1.54, 1.807) is 63.2 Å². The van der Waals surface area contributed by atoms with Gasteiger partial charge < -0.3 is 14.2 Å². The number of hydrogen-bond acceptors (Lipinski definition) is 7. The molecule has 0 bridgehead atoms. The van der Waals surface area contributed by atoms with E-state index in [1.807, 2.05) is 0 Å². The first-order chi connectivity index (χ1) is 17.0. The largest absolute Gasteiger partial charge is 0.464 e. The number of halogens is 1. The first kappa shape index (κ1) is 25.9. The van der Waals surface area contributed by atoms with E-state index in [4.69, 9.17) is 18.4 Å². The predicted octanol–water partition coefficient (Wildman–Crippen LogP) is 5.21. The van der Waals surface area contributed by atoms with E-state index in [-0.39, 0.29) is 36.3 Å². The SMILES string of the molecule is COCOc1c(F)c2c(c3ccccc13)[C@@H](COS(=O)(=O)c1ccccc1)CN2C(=O)OC(C)(C)C. The molecule has 36 heavy (non-hydrogen) atoms. The van der Waals surface area contributed by atoms with E-state index in [0.717, 1.165) is 0 Å². The van der Waals surface area contributed by atoms with Crippen molar-refractivity contribution < 1.29 is 36.0 Å². The lowest BCUT2D eigenvalue weighted by Gasteiger charge is -2.25. The second-order valence-corrected chi connectivity index (χ2v) is 11.0. The number of carbonyl (C=O) groups excluding carboxylic acids is 1. The Labute approximate surface area is 209 Å². The van der Waals surface area contributed by atoms with E-state index >= 15 is 4.39 Å². The number of fused-ring (bicyclic) bond motifs is 3. The molecular weight excluding hydrogens is 489 g/mol. The molecule has 0 saturated heterocycles. The smallest absolute Gasteiger partial charge is 0.414 e. The molecule has 1 aliphatic rings. The maximum Gasteiger partial charge on any atom is 0.414 e. The highest BCUT2D eigenvalue weighted by atomic mass is 32.2. The monoisotopic (exact) mass is 517 g/mol. The van der Waals surface area contributed by atoms with Crippen molar-refractivity contribution in [2.24, 2.45) is 0 Å². The highest BCUT2D eigenvalue weighted by molar-refractivity contribution is 7.86. The van der Waals surface area contributed by atoms with Crippen molar-refractivity contribution in [3.63, 3.8) is 0 Å². The van der Waals surface area contributed by atoms with Gasteiger partial charge in [-0.3, -0.25) is 9.08 Å². The van der Waals surface area contributed by atoms with Crippen LogP contribution in [0.15, 0.2) is 59.5 Å². The minimum Gasteiger partial charge on any atom is -0.464 e. The van der Waals surface area contributed by atoms with Crippen molar-refractivity contribution in [1.29, 1.82) is 0 Å². The average molecular weight is 518 g/mol. The van der Waals surface area contributed by atoms with Crippen molar-refractivity contribution in [2.45, 2.75) is 37.2 Å². The third-order valence-corrected chi connectivity index (χ3v) is 6.89. The van der Waals surface area contributed by atoms with Gasteiger partial charge in [0.15, 0.2) is 18.4 Å². The van der Waals surface area contributed by atoms with Crippen molar-refractivity contribution in [1.82, 2.24) is 0 Å². The maximum atomic E-state index is 16.0. The van der Waals surface area contributed by atoms with Gasteiger partial charge in [-0.2, -0.15) is 8.42 Å². The lowest BCUT2D eigenvalue weighted by atomic mass is 9.94. The molecule has 10 heteroatoms. The maximum absolute atomic E-state index is 16.0. The molecule has 0 aliphatic carbocycles. The molecule has 1 heterocycles. The number of anilines is 1. The van der Waals surface area contributed by atoms with Gasteiger partial charge >= 0.3 is 6.09 Å². The van der Waals surface area contributed by atoms with E-state index in [1.165, 1.54) is 24.1 Å². The van der Waals surface area contributed by atoms with Gasteiger partial charge in [0.1, 0.15) is 5.60 Å². The minimum atomic E-state index is -4.07. The van der Waals surface area contributed by atoms with E-state index in [0.29, 0.717) is 16.3 Å². The van der Waals surface area contributed by atoms with Crippen LogP contribution < -0.4 is 9.64 Å². The minimum absolute atomic E-state index is 0.00608. The summed E-state index contributed by atoms with van der Waals surface area (Å²) in [6.45, 7) is 4.58. The van der Waals surface area contributed by atoms with E-state index in [9.17, 15) is 13.2 Å². The summed E-state index contributed by atoms with van der Waals surface area (Å²) in [5.74, 6) is -1.49. The number of rotatable bonds is 7. The Bertz CT molecular complexity index is 1370. The fourth-order valence-electron chi connectivity index (χ4n) is 4.17. The van der Waals surface area contributed by atoms with Crippen LogP contribution in [-0.2, 0) is 23.8 Å². The van der Waals surface area contributed by atoms with Crippen molar-refractivity contribution in [3.05, 3.63) is 66.0 Å². The van der Waals surface area contributed by atoms with Gasteiger partial charge in [-0.1, -0.05) is 42.5 Å². The number of ether oxygens (including phenoxy) is 3. The van der Waals surface area contributed by atoms with Crippen LogP contribution in [-0.4, -0.2) is 47.2 Å². The van der Waals surface area contributed by atoms with Crippen LogP contribution >= 0.6 is 0 Å². The standard InChI is InChI=1S/C26H28FNO7S/c1-26(2,3)35-25(29)28-14-17(15-34-36(30,31)18-10-6-5-7-11-18)21-19-12-8-9-13-20(19)24(33-16-32-4)22(27)23(21)28/h5-13,17H,14-16H2,1-4H3/t17-/m1/s1. The van der Waals surface area contributed by atoms with Crippen LogP contribution in [0, 0.1) is 5.82 Å². The third kappa shape index (κ3) is 5.16. The molecule has 0 N–H and O–H groups in total. The zero-order valence-corrected chi connectivity index (χ0v) is 21.3. The zero-order chi connectivity index (χ0) is 26.1. The Morgan fingerprint density at radius 2 is 1.69 bits per heavy atom. The summed E-state index contributed by atoms with van der Waals surface area (Å²) >= 11 is 0. The number of amides is 1. The molecule has 1 amide bonds. The van der Waals surface area contributed by atoms with Gasteiger partial charge in [-0.05, 0) is 43.9 Å². The van der Waals surface area contributed by atoms with Crippen LogP contribution in [0.5, 0.6) is 5.75 Å². The van der Waals surface area contributed by atoms with Gasteiger partial charge in [0.2, 0.25) is 0 Å². The molecule has 0 spiro atoms. The molecule has 0 saturated carbocycles. The Morgan fingerprint density at radius 3 is 2.33 bits per heavy atom. The summed E-state index contributed by atoms with van der Waals surface area (Å²) in [4.78, 5) is 14.3. The van der Waals surface area contributed by atoms with Crippen molar-refractivity contribution in [3.8, 4) is 5.75 Å². The Balaban J connectivity index is 1.80. The fourth-order valence-corrected chi connectivity index (χ4v) is 5.14. The van der Waals surface area contributed by atoms with Gasteiger partial charge in [0, 0.05) is 25.0 Å². The molecule has 0 fully saturated rings. The average Bonchev–Trinajstić information content (AvgIpc) is 3.23. The third-order valence-electron chi connectivity index (χ3n) is 5.60. The molecule has 1 atom stereocenters. The lowest BCUT2D eigenvalue weighted by molar-refractivity contribution is 0.0494. The summed E-state index contributed by atoms with van der Waals surface area (Å²) in [6.07, 6.45) is -0.760. The fraction of sp³-hybridized carbons (Fsp3) is 0.346. The summed E-state index contributed by atoms with van der Waals surface area (Å²) in [5, 5.41) is 1.07. The van der Waals surface area contributed by atoms with Gasteiger partial charge in [-0.25, -0.2) is 9.18 Å². The topological polar surface area (TPSA) is 91.4 Å². The summed E-state index contributed by atoms with van der Waals surface area (Å²) < 4.78 is 63.0. The molecule has 192 valence electrons. The highest BCUT2D eigenvalue weighted by Crippen LogP contribution is 2.48. The molecule has 0 unspecified atom stereocenters. The van der Waals surface area contributed by atoms with Crippen LogP contribution in [0.2, 0.25) is 0 Å². The lowest BCUT2D eigenvalue weighted by Crippen LogP contribution is -2.37. The van der Waals surface area contributed by atoms with Gasteiger partial charge in [-0.15, -0.1) is 0 Å². The molecule has 8 nitrogen and oxygen atoms in total. The second kappa shape index (κ2) is 10.0. The number of methoxy groups -OCH3 is 1. The highest BCUT2D eigenvalue weighted by Gasteiger charge is 2.41. The quantitative estimate of drug-likeness (QED) is 0.314. The number of benzene rings is 3. The predicted molar refractivity (Wildman–Crippen MR) is 132 cm³/mol. The Hall–Kier alpha value is -3.21. The Kier molecular flexibility index (Phi) is 7.21. The van der Waals surface area contributed by atoms with Gasteiger partial charge in [0.25, 0.3) is 10.1 Å². The van der Waals surface area contributed by atoms with Crippen LogP contribution in [0.1, 0.15) is 32.3 Å². The van der Waals surface area contributed by atoms with E-state index in [2.05, 4.69) is 0 Å². The molecular formula is C26H28FNO7S. The molecule has 1 aliphatic heterocycles. The van der Waals surface area contributed by atoms with Crippen molar-refractivity contribution in [2.75, 3.05) is 32.0 Å². The van der Waals surface area contributed by atoms with Gasteiger partial charge in [0.05, 0.1) is 17.2 Å². The first-order valence-corrected chi connectivity index (χ1v) is 12.7. The summed E-state index contributed by atoms with van der Waals surface area (Å²) in [5.41, 5.74) is -0.410. The second-order valence-electron chi connectivity index (χ2n) is 9.34. The Morgan fingerprint density at radius 1 is 1.06 bits per heavy atom. The number of nitrogens with zero attached hydrogens (tertiary/aromatic N) is 1. The first-order valence-electron chi connectivity index (χ1n) is 11.3. The van der Waals surface area contributed by atoms with Crippen molar-refractivity contribution >= 4 is 32.7 Å². The molecule has 4 rings (SSSR count). The molecule has 3 aromatic rings. The summed E-state index contributed by atoms with van der Waals surface area (Å²) in [6, 6.07) is 14.7. The van der Waals surface area contributed by atoms with Crippen LogP contribution in [0.25, 0.3) is 10.8 Å². The number of carbonyl (C=O) groups is 1. The van der Waals surface area contributed by atoms with Crippen LogP contribution in [0.3, 0.4) is 0 Å². The number of hydrogen-bond donors (Lipinski definition) is 0. The normalized spacial score (nSPS) is 15.7. The van der Waals surface area contributed by atoms with E-state index < -0.39 is 33.5 Å². The summed E-state index contributed by atoms with van der Waals surface area (Å²) in [7, 11) is -2.65. The molecule has 3 aromatic carbocycles. The van der Waals surface area contributed by atoms with Crippen LogP contribution in [0.4, 0.5) is 14.9 Å². The molecule has 0 radical (unpaired) electrons.